The molecule has 5 heteroatoms. The Kier molecular flexibility index (Phi) is 2.57. The first-order valence-electron chi connectivity index (χ1n) is 5.21. The first-order valence-corrected chi connectivity index (χ1v) is 6.00. The highest BCUT2D eigenvalue weighted by Crippen LogP contribution is 2.27. The molecule has 4 nitrogen and oxygen atoms in total. The number of nitrogens with one attached hydrogen (secondary N) is 1. The molecule has 0 radical (unpaired) electrons. The normalized spacial score (nSPS) is 18.1. The van der Waals surface area contributed by atoms with Crippen molar-refractivity contribution in [3.8, 4) is 11.1 Å². The molecule has 2 heterocycles. The minimum absolute atomic E-state index is 0.0301. The van der Waals surface area contributed by atoms with Gasteiger partial charge in [0.25, 0.3) is 0 Å². The van der Waals surface area contributed by atoms with E-state index >= 15 is 0 Å². The van der Waals surface area contributed by atoms with Gasteiger partial charge in [0.1, 0.15) is 11.8 Å². The highest BCUT2D eigenvalue weighted by molar-refractivity contribution is 9.10. The summed E-state index contributed by atoms with van der Waals surface area (Å²) in [6.45, 7) is 0.510. The lowest BCUT2D eigenvalue weighted by Gasteiger charge is -2.01. The average molecular weight is 293 g/mol. The monoisotopic (exact) mass is 292 g/mol. The van der Waals surface area contributed by atoms with Gasteiger partial charge in [0.15, 0.2) is 0 Å². The van der Waals surface area contributed by atoms with Crippen LogP contribution < -0.4 is 0 Å². The van der Waals surface area contributed by atoms with Crippen molar-refractivity contribution < 1.29 is 9.53 Å². The number of halogens is 1. The Morgan fingerprint density at radius 3 is 3.06 bits per heavy atom. The van der Waals surface area contributed by atoms with E-state index in [0.717, 1.165) is 15.6 Å². The van der Waals surface area contributed by atoms with E-state index in [1.807, 2.05) is 24.3 Å². The smallest absolute Gasteiger partial charge is 0.212 e. The molecule has 1 fully saturated rings. The fourth-order valence-electron chi connectivity index (χ4n) is 1.71. The molecule has 0 spiro atoms. The van der Waals surface area contributed by atoms with Gasteiger partial charge in [-0.15, -0.1) is 0 Å². The largest absolute Gasteiger partial charge is 0.364 e. The number of aromatic nitrogens is 2. The Hall–Kier alpha value is -1.46. The summed E-state index contributed by atoms with van der Waals surface area (Å²) in [5, 5.41) is 6.69. The second-order valence-electron chi connectivity index (χ2n) is 3.86. The van der Waals surface area contributed by atoms with Crippen molar-refractivity contribution in [2.45, 2.75) is 6.10 Å². The van der Waals surface area contributed by atoms with Crippen LogP contribution in [0.2, 0.25) is 0 Å². The Morgan fingerprint density at radius 1 is 1.53 bits per heavy atom. The number of epoxide rings is 1. The van der Waals surface area contributed by atoms with Crippen LogP contribution in [0.4, 0.5) is 0 Å². The zero-order valence-electron chi connectivity index (χ0n) is 8.81. The number of benzene rings is 1. The number of ketones is 1. The van der Waals surface area contributed by atoms with Crippen LogP contribution in [-0.2, 0) is 4.74 Å². The van der Waals surface area contributed by atoms with Crippen molar-refractivity contribution in [3.05, 3.63) is 40.6 Å². The minimum Gasteiger partial charge on any atom is -0.364 e. The van der Waals surface area contributed by atoms with Crippen LogP contribution in [0.15, 0.2) is 34.9 Å². The third kappa shape index (κ3) is 2.03. The number of nitrogens with zero attached hydrogens (tertiary/aromatic N) is 1. The Morgan fingerprint density at radius 2 is 2.35 bits per heavy atom. The van der Waals surface area contributed by atoms with Crippen molar-refractivity contribution in [1.82, 2.24) is 10.2 Å². The molecule has 1 N–H and O–H groups in total. The summed E-state index contributed by atoms with van der Waals surface area (Å²) < 4.78 is 5.97. The first kappa shape index (κ1) is 10.7. The van der Waals surface area contributed by atoms with Crippen molar-refractivity contribution in [2.24, 2.45) is 0 Å². The van der Waals surface area contributed by atoms with Gasteiger partial charge in [0, 0.05) is 10.0 Å². The van der Waals surface area contributed by atoms with Crippen LogP contribution in [0.25, 0.3) is 11.1 Å². The summed E-state index contributed by atoms with van der Waals surface area (Å²) in [4.78, 5) is 11.9. The number of aromatic amines is 1. The molecule has 0 aliphatic carbocycles. The van der Waals surface area contributed by atoms with Crippen LogP contribution in [0.3, 0.4) is 0 Å². The molecule has 86 valence electrons. The molecule has 17 heavy (non-hydrogen) atoms. The summed E-state index contributed by atoms with van der Waals surface area (Å²) in [6, 6.07) is 7.76. The minimum atomic E-state index is -0.290. The standard InChI is InChI=1S/C12H9BrN2O2/c13-8-3-1-2-7(4-8)9-5-14-15-11(9)12(16)10-6-17-10/h1-5,10H,6H2,(H,14,15)/t10-/m1/s1. The number of Topliss-reactive ketones (excluding diaryl/α,β-unsaturated/α-hetero) is 1. The van der Waals surface area contributed by atoms with E-state index < -0.39 is 0 Å². The highest BCUT2D eigenvalue weighted by Gasteiger charge is 2.34. The molecular weight excluding hydrogens is 284 g/mol. The van der Waals surface area contributed by atoms with Crippen LogP contribution in [0.5, 0.6) is 0 Å². The predicted molar refractivity (Wildman–Crippen MR) is 65.8 cm³/mol. The summed E-state index contributed by atoms with van der Waals surface area (Å²) in [5.74, 6) is -0.0301. The predicted octanol–water partition coefficient (Wildman–Crippen LogP) is 2.42. The number of hydrogen-bond acceptors (Lipinski definition) is 3. The van der Waals surface area contributed by atoms with Gasteiger partial charge >= 0.3 is 0 Å². The number of hydrogen-bond donors (Lipinski definition) is 1. The third-order valence-electron chi connectivity index (χ3n) is 2.65. The van der Waals surface area contributed by atoms with Crippen LogP contribution >= 0.6 is 15.9 Å². The molecule has 1 saturated heterocycles. The van der Waals surface area contributed by atoms with E-state index in [-0.39, 0.29) is 11.9 Å². The zero-order chi connectivity index (χ0) is 11.8. The van der Waals surface area contributed by atoms with E-state index in [0.29, 0.717) is 12.3 Å². The van der Waals surface area contributed by atoms with Crippen LogP contribution in [-0.4, -0.2) is 28.7 Å². The molecular formula is C12H9BrN2O2. The SMILES string of the molecule is O=C(c1[nH]ncc1-c1cccc(Br)c1)[C@H]1CO1. The fourth-order valence-corrected chi connectivity index (χ4v) is 2.11. The topological polar surface area (TPSA) is 58.3 Å². The van der Waals surface area contributed by atoms with Crippen molar-refractivity contribution in [3.63, 3.8) is 0 Å². The maximum absolute atomic E-state index is 11.9. The molecule has 3 rings (SSSR count). The van der Waals surface area contributed by atoms with Gasteiger partial charge in [-0.3, -0.25) is 9.89 Å². The summed E-state index contributed by atoms with van der Waals surface area (Å²) in [7, 11) is 0. The second kappa shape index (κ2) is 4.09. The van der Waals surface area contributed by atoms with Gasteiger partial charge in [-0.2, -0.15) is 5.10 Å². The van der Waals surface area contributed by atoms with Gasteiger partial charge in [-0.05, 0) is 17.7 Å². The van der Waals surface area contributed by atoms with Crippen molar-refractivity contribution in [1.29, 1.82) is 0 Å². The second-order valence-corrected chi connectivity index (χ2v) is 4.77. The number of ether oxygens (including phenoxy) is 1. The molecule has 1 aromatic carbocycles. The van der Waals surface area contributed by atoms with E-state index in [9.17, 15) is 4.79 Å². The number of carbonyl (C=O) groups excluding carboxylic acids is 1. The molecule has 0 unspecified atom stereocenters. The lowest BCUT2D eigenvalue weighted by atomic mass is 10.0. The van der Waals surface area contributed by atoms with Gasteiger partial charge < -0.3 is 4.74 Å². The van der Waals surface area contributed by atoms with E-state index in [4.69, 9.17) is 4.74 Å². The van der Waals surface area contributed by atoms with Gasteiger partial charge in [-0.25, -0.2) is 0 Å². The van der Waals surface area contributed by atoms with E-state index in [1.165, 1.54) is 0 Å². The number of rotatable bonds is 3. The average Bonchev–Trinajstić information content (AvgIpc) is 3.05. The quantitative estimate of drug-likeness (QED) is 0.698. The maximum Gasteiger partial charge on any atom is 0.212 e. The number of H-pyrrole nitrogens is 1. The molecule has 1 aromatic heterocycles. The molecule has 0 saturated carbocycles. The third-order valence-corrected chi connectivity index (χ3v) is 3.14. The lowest BCUT2D eigenvalue weighted by Crippen LogP contribution is -2.08. The van der Waals surface area contributed by atoms with E-state index in [2.05, 4.69) is 26.1 Å². The zero-order valence-corrected chi connectivity index (χ0v) is 10.4. The molecule has 0 amide bonds. The maximum atomic E-state index is 11.9. The molecule has 1 aliphatic heterocycles. The van der Waals surface area contributed by atoms with Crippen LogP contribution in [0, 0.1) is 0 Å². The first-order chi connectivity index (χ1) is 8.25. The van der Waals surface area contributed by atoms with Crippen LogP contribution in [0.1, 0.15) is 10.5 Å². The lowest BCUT2D eigenvalue weighted by molar-refractivity contribution is 0.0949. The van der Waals surface area contributed by atoms with E-state index in [1.54, 1.807) is 6.20 Å². The Balaban J connectivity index is 2.03. The molecule has 1 atom stereocenters. The molecule has 2 aromatic rings. The number of carbonyl (C=O) groups is 1. The summed E-state index contributed by atoms with van der Waals surface area (Å²) in [6.07, 6.45) is 1.37. The molecule has 1 aliphatic rings. The summed E-state index contributed by atoms with van der Waals surface area (Å²) in [5.41, 5.74) is 2.29. The summed E-state index contributed by atoms with van der Waals surface area (Å²) >= 11 is 3.41. The molecule has 0 bridgehead atoms. The van der Waals surface area contributed by atoms with Crippen molar-refractivity contribution >= 4 is 21.7 Å². The Bertz CT molecular complexity index is 575. The van der Waals surface area contributed by atoms with Gasteiger partial charge in [0.05, 0.1) is 12.8 Å². The van der Waals surface area contributed by atoms with Gasteiger partial charge in [0.2, 0.25) is 5.78 Å². The Labute approximate surface area is 106 Å². The van der Waals surface area contributed by atoms with Crippen molar-refractivity contribution in [2.75, 3.05) is 6.61 Å². The fraction of sp³-hybridized carbons (Fsp3) is 0.167. The highest BCUT2D eigenvalue weighted by atomic mass is 79.9. The van der Waals surface area contributed by atoms with Gasteiger partial charge in [-0.1, -0.05) is 28.1 Å².